The van der Waals surface area contributed by atoms with Crippen LogP contribution in [-0.2, 0) is 0 Å². The van der Waals surface area contributed by atoms with Crippen LogP contribution in [0.2, 0.25) is 0 Å². The van der Waals surface area contributed by atoms with Gasteiger partial charge >= 0.3 is 0 Å². The summed E-state index contributed by atoms with van der Waals surface area (Å²) in [6.07, 6.45) is 3.17. The standard InChI is InChI=1S/C10H17N3OS2/c1-7-12-9(16-13-7)15-8-3-4-10(5-8,6-14)11-2/h8,11,14H,3-6H2,1-2H3. The van der Waals surface area contributed by atoms with Gasteiger partial charge in [-0.2, -0.15) is 4.37 Å². The molecule has 1 fully saturated rings. The Hall–Kier alpha value is -0.170. The second-order valence-corrected chi connectivity index (χ2v) is 6.58. The monoisotopic (exact) mass is 259 g/mol. The Bertz CT molecular complexity index is 352. The predicted octanol–water partition coefficient (Wildman–Crippen LogP) is 1.44. The SMILES string of the molecule is CNC1(CO)CCC(Sc2nc(C)ns2)C1. The summed E-state index contributed by atoms with van der Waals surface area (Å²) < 4.78 is 5.23. The molecule has 90 valence electrons. The quantitative estimate of drug-likeness (QED) is 0.857. The van der Waals surface area contributed by atoms with E-state index >= 15 is 0 Å². The molecular formula is C10H17N3OS2. The number of aryl methyl sites for hydroxylation is 1. The van der Waals surface area contributed by atoms with Crippen molar-refractivity contribution < 1.29 is 5.11 Å². The number of likely N-dealkylation sites (N-methyl/N-ethyl adjacent to an activating group) is 1. The lowest BCUT2D eigenvalue weighted by Gasteiger charge is -2.26. The summed E-state index contributed by atoms with van der Waals surface area (Å²) in [6.45, 7) is 2.14. The van der Waals surface area contributed by atoms with Crippen LogP contribution in [0.1, 0.15) is 25.1 Å². The Balaban J connectivity index is 1.94. The van der Waals surface area contributed by atoms with Gasteiger partial charge in [0.05, 0.1) is 6.61 Å². The molecule has 1 aromatic rings. The molecule has 0 amide bonds. The molecule has 0 aromatic carbocycles. The van der Waals surface area contributed by atoms with Crippen molar-refractivity contribution >= 4 is 23.3 Å². The number of aliphatic hydroxyl groups is 1. The maximum absolute atomic E-state index is 9.41. The van der Waals surface area contributed by atoms with Crippen LogP contribution in [0.15, 0.2) is 4.34 Å². The van der Waals surface area contributed by atoms with Gasteiger partial charge in [-0.05, 0) is 44.8 Å². The number of nitrogens with one attached hydrogen (secondary N) is 1. The second kappa shape index (κ2) is 5.00. The lowest BCUT2D eigenvalue weighted by Crippen LogP contribution is -2.44. The third-order valence-corrected chi connectivity index (χ3v) is 5.32. The number of thioether (sulfide) groups is 1. The molecule has 0 aliphatic heterocycles. The highest BCUT2D eigenvalue weighted by molar-refractivity contribution is 8.01. The number of nitrogens with zero attached hydrogens (tertiary/aromatic N) is 2. The Morgan fingerprint density at radius 1 is 1.69 bits per heavy atom. The van der Waals surface area contributed by atoms with Gasteiger partial charge < -0.3 is 10.4 Å². The van der Waals surface area contributed by atoms with E-state index in [2.05, 4.69) is 14.7 Å². The first kappa shape index (κ1) is 12.3. The van der Waals surface area contributed by atoms with Crippen molar-refractivity contribution in [3.05, 3.63) is 5.82 Å². The molecule has 2 N–H and O–H groups in total. The summed E-state index contributed by atoms with van der Waals surface area (Å²) in [4.78, 5) is 4.36. The lowest BCUT2D eigenvalue weighted by molar-refractivity contribution is 0.173. The van der Waals surface area contributed by atoms with Gasteiger partial charge in [0.25, 0.3) is 0 Å². The first-order chi connectivity index (χ1) is 7.67. The molecule has 6 heteroatoms. The van der Waals surface area contributed by atoms with E-state index in [4.69, 9.17) is 0 Å². The molecule has 16 heavy (non-hydrogen) atoms. The van der Waals surface area contributed by atoms with Crippen molar-refractivity contribution in [2.45, 2.75) is 41.3 Å². The average Bonchev–Trinajstić information content (AvgIpc) is 2.87. The normalized spacial score (nSPS) is 29.8. The van der Waals surface area contributed by atoms with Crippen LogP contribution in [-0.4, -0.2) is 38.9 Å². The highest BCUT2D eigenvalue weighted by Crippen LogP contribution is 2.40. The van der Waals surface area contributed by atoms with Crippen molar-refractivity contribution in [3.63, 3.8) is 0 Å². The van der Waals surface area contributed by atoms with Gasteiger partial charge in [-0.1, -0.05) is 11.8 Å². The van der Waals surface area contributed by atoms with Crippen molar-refractivity contribution in [3.8, 4) is 0 Å². The van der Waals surface area contributed by atoms with Gasteiger partial charge in [-0.15, -0.1) is 0 Å². The molecular weight excluding hydrogens is 242 g/mol. The summed E-state index contributed by atoms with van der Waals surface area (Å²) in [6, 6.07) is 0. The van der Waals surface area contributed by atoms with Crippen LogP contribution < -0.4 is 5.32 Å². The summed E-state index contributed by atoms with van der Waals surface area (Å²) in [7, 11) is 1.93. The number of hydrogen-bond donors (Lipinski definition) is 2. The minimum atomic E-state index is -0.0720. The van der Waals surface area contributed by atoms with E-state index in [1.807, 2.05) is 14.0 Å². The topological polar surface area (TPSA) is 58.0 Å². The van der Waals surface area contributed by atoms with Crippen LogP contribution in [0.25, 0.3) is 0 Å². The molecule has 0 saturated heterocycles. The number of rotatable bonds is 4. The lowest BCUT2D eigenvalue weighted by atomic mass is 10.00. The van der Waals surface area contributed by atoms with E-state index in [-0.39, 0.29) is 12.1 Å². The number of hydrogen-bond acceptors (Lipinski definition) is 6. The summed E-state index contributed by atoms with van der Waals surface area (Å²) in [5, 5.41) is 13.2. The highest BCUT2D eigenvalue weighted by Gasteiger charge is 2.38. The van der Waals surface area contributed by atoms with Gasteiger partial charge in [0.1, 0.15) is 5.82 Å². The fourth-order valence-electron chi connectivity index (χ4n) is 2.10. The zero-order valence-corrected chi connectivity index (χ0v) is 11.2. The van der Waals surface area contributed by atoms with Crippen LogP contribution in [0.5, 0.6) is 0 Å². The minimum Gasteiger partial charge on any atom is -0.394 e. The van der Waals surface area contributed by atoms with Gasteiger partial charge in [0.15, 0.2) is 4.34 Å². The smallest absolute Gasteiger partial charge is 0.170 e. The van der Waals surface area contributed by atoms with Crippen LogP contribution in [0, 0.1) is 6.92 Å². The second-order valence-electron chi connectivity index (χ2n) is 4.28. The molecule has 4 nitrogen and oxygen atoms in total. The Morgan fingerprint density at radius 2 is 2.50 bits per heavy atom. The van der Waals surface area contributed by atoms with Crippen molar-refractivity contribution in [1.29, 1.82) is 0 Å². The highest BCUT2D eigenvalue weighted by atomic mass is 32.2. The van der Waals surface area contributed by atoms with Crippen molar-refractivity contribution in [2.24, 2.45) is 0 Å². The fourth-order valence-corrected chi connectivity index (χ4v) is 4.32. The zero-order valence-electron chi connectivity index (χ0n) is 9.56. The summed E-state index contributed by atoms with van der Waals surface area (Å²) in [5.41, 5.74) is -0.0720. The van der Waals surface area contributed by atoms with E-state index in [1.54, 1.807) is 11.8 Å². The van der Waals surface area contributed by atoms with Crippen LogP contribution in [0.3, 0.4) is 0 Å². The third-order valence-electron chi connectivity index (χ3n) is 3.17. The van der Waals surface area contributed by atoms with E-state index in [9.17, 15) is 5.11 Å². The molecule has 0 bridgehead atoms. The van der Waals surface area contributed by atoms with E-state index in [0.717, 1.165) is 29.4 Å². The van der Waals surface area contributed by atoms with Crippen LogP contribution >= 0.6 is 23.3 Å². The number of aromatic nitrogens is 2. The molecule has 1 heterocycles. The summed E-state index contributed by atoms with van der Waals surface area (Å²) in [5.74, 6) is 0.854. The van der Waals surface area contributed by atoms with E-state index in [0.29, 0.717) is 5.25 Å². The minimum absolute atomic E-state index is 0.0720. The average molecular weight is 259 g/mol. The zero-order chi connectivity index (χ0) is 11.6. The molecule has 1 aromatic heterocycles. The maximum Gasteiger partial charge on any atom is 0.170 e. The molecule has 2 atom stereocenters. The molecule has 2 unspecified atom stereocenters. The van der Waals surface area contributed by atoms with Crippen molar-refractivity contribution in [1.82, 2.24) is 14.7 Å². The molecule has 2 rings (SSSR count). The molecule has 1 aliphatic rings. The largest absolute Gasteiger partial charge is 0.394 e. The van der Waals surface area contributed by atoms with Gasteiger partial charge in [-0.25, -0.2) is 4.98 Å². The maximum atomic E-state index is 9.41. The Kier molecular flexibility index (Phi) is 3.84. The molecule has 1 saturated carbocycles. The molecule has 1 aliphatic carbocycles. The first-order valence-corrected chi connectivity index (χ1v) is 7.09. The predicted molar refractivity (Wildman–Crippen MR) is 67.0 cm³/mol. The fraction of sp³-hybridized carbons (Fsp3) is 0.800. The van der Waals surface area contributed by atoms with Gasteiger partial charge in [-0.3, -0.25) is 0 Å². The number of aliphatic hydroxyl groups excluding tert-OH is 1. The van der Waals surface area contributed by atoms with Crippen LogP contribution in [0.4, 0.5) is 0 Å². The first-order valence-electron chi connectivity index (χ1n) is 5.44. The van der Waals surface area contributed by atoms with E-state index < -0.39 is 0 Å². The third kappa shape index (κ3) is 2.56. The molecule has 0 spiro atoms. The molecule has 0 radical (unpaired) electrons. The Labute approximate surface area is 104 Å². The van der Waals surface area contributed by atoms with Gasteiger partial charge in [0, 0.05) is 10.8 Å². The van der Waals surface area contributed by atoms with E-state index in [1.165, 1.54) is 11.5 Å². The Morgan fingerprint density at radius 3 is 3.00 bits per heavy atom. The van der Waals surface area contributed by atoms with Gasteiger partial charge in [0.2, 0.25) is 0 Å². The van der Waals surface area contributed by atoms with Crippen molar-refractivity contribution in [2.75, 3.05) is 13.7 Å². The summed E-state index contributed by atoms with van der Waals surface area (Å²) >= 11 is 3.27.